The number of nitrogens with one attached hydrogen (secondary N) is 1. The highest BCUT2D eigenvalue weighted by Crippen LogP contribution is 2.15. The third-order valence-corrected chi connectivity index (χ3v) is 4.04. The van der Waals surface area contributed by atoms with E-state index in [4.69, 9.17) is 0 Å². The Morgan fingerprint density at radius 1 is 1.05 bits per heavy atom. The molecule has 2 rings (SSSR count). The number of rotatable bonds is 6. The van der Waals surface area contributed by atoms with Crippen LogP contribution in [0.5, 0.6) is 0 Å². The summed E-state index contributed by atoms with van der Waals surface area (Å²) in [5, 5.41) is 5.75. The summed E-state index contributed by atoms with van der Waals surface area (Å²) in [6.07, 6.45) is 1.93. The average Bonchev–Trinajstić information content (AvgIpc) is 2.37. The van der Waals surface area contributed by atoms with Crippen molar-refractivity contribution in [1.82, 2.24) is 5.32 Å². The minimum atomic E-state index is -2.84. The zero-order valence-electron chi connectivity index (χ0n) is 11.1. The smallest absolute Gasteiger partial charge is 0.147 e. The molecule has 0 unspecified atom stereocenters. The monoisotopic (exact) mass is 277 g/mol. The van der Waals surface area contributed by atoms with Crippen molar-refractivity contribution in [2.45, 2.75) is 13.0 Å². The Labute approximate surface area is 114 Å². The number of benzene rings is 2. The zero-order valence-corrected chi connectivity index (χ0v) is 11.9. The van der Waals surface area contributed by atoms with Gasteiger partial charge in [0.15, 0.2) is 0 Å². The van der Waals surface area contributed by atoms with E-state index in [0.29, 0.717) is 6.42 Å². The molecular weight excluding hydrogens is 258 g/mol. The van der Waals surface area contributed by atoms with E-state index in [9.17, 15) is 8.42 Å². The van der Waals surface area contributed by atoms with Gasteiger partial charge in [0.2, 0.25) is 0 Å². The molecule has 0 saturated carbocycles. The maximum Gasteiger partial charge on any atom is 0.147 e. The molecule has 0 aliphatic heterocycles. The minimum absolute atomic E-state index is 0.248. The van der Waals surface area contributed by atoms with E-state index in [1.54, 1.807) is 0 Å². The summed E-state index contributed by atoms with van der Waals surface area (Å²) >= 11 is 0. The molecule has 0 amide bonds. The van der Waals surface area contributed by atoms with Crippen LogP contribution in [-0.4, -0.2) is 27.0 Å². The molecule has 102 valence electrons. The first kappa shape index (κ1) is 14.0. The molecule has 0 saturated heterocycles. The maximum absolute atomic E-state index is 11.0. The number of hydrogen-bond acceptors (Lipinski definition) is 3. The van der Waals surface area contributed by atoms with Crippen LogP contribution in [0.4, 0.5) is 0 Å². The average molecular weight is 277 g/mol. The molecule has 0 aliphatic rings. The van der Waals surface area contributed by atoms with Crippen molar-refractivity contribution >= 4 is 20.6 Å². The van der Waals surface area contributed by atoms with Crippen molar-refractivity contribution in [3.05, 3.63) is 48.0 Å². The van der Waals surface area contributed by atoms with Gasteiger partial charge in [-0.25, -0.2) is 8.42 Å². The molecule has 4 heteroatoms. The summed E-state index contributed by atoms with van der Waals surface area (Å²) < 4.78 is 22.0. The first-order valence-electron chi connectivity index (χ1n) is 6.41. The van der Waals surface area contributed by atoms with Gasteiger partial charge >= 0.3 is 0 Å². The summed E-state index contributed by atoms with van der Waals surface area (Å²) in [4.78, 5) is 0. The maximum atomic E-state index is 11.0. The quantitative estimate of drug-likeness (QED) is 0.825. The fraction of sp³-hybridized carbons (Fsp3) is 0.333. The van der Waals surface area contributed by atoms with Gasteiger partial charge in [-0.05, 0) is 35.4 Å². The molecule has 0 spiro atoms. The highest BCUT2D eigenvalue weighted by Gasteiger charge is 2.01. The van der Waals surface area contributed by atoms with Crippen LogP contribution in [0.2, 0.25) is 0 Å². The van der Waals surface area contributed by atoms with Gasteiger partial charge < -0.3 is 5.32 Å². The number of sulfone groups is 1. The van der Waals surface area contributed by atoms with Gasteiger partial charge in [0.05, 0.1) is 5.75 Å². The molecule has 19 heavy (non-hydrogen) atoms. The molecule has 0 bridgehead atoms. The molecule has 0 fully saturated rings. The van der Waals surface area contributed by atoms with E-state index in [-0.39, 0.29) is 5.75 Å². The molecule has 0 atom stereocenters. The van der Waals surface area contributed by atoms with Crippen molar-refractivity contribution in [3.8, 4) is 0 Å². The van der Waals surface area contributed by atoms with Crippen LogP contribution < -0.4 is 5.32 Å². The second-order valence-electron chi connectivity index (χ2n) is 4.84. The largest absolute Gasteiger partial charge is 0.313 e. The summed E-state index contributed by atoms with van der Waals surface area (Å²) in [6, 6.07) is 14.6. The van der Waals surface area contributed by atoms with Gasteiger partial charge in [0.1, 0.15) is 9.84 Å². The second-order valence-corrected chi connectivity index (χ2v) is 7.10. The second kappa shape index (κ2) is 6.17. The Hall–Kier alpha value is -1.39. The van der Waals surface area contributed by atoms with Crippen molar-refractivity contribution in [2.75, 3.05) is 18.6 Å². The molecule has 0 aliphatic carbocycles. The summed E-state index contributed by atoms with van der Waals surface area (Å²) in [6.45, 7) is 1.49. The third-order valence-electron chi connectivity index (χ3n) is 3.01. The first-order chi connectivity index (χ1) is 9.04. The zero-order chi connectivity index (χ0) is 13.7. The van der Waals surface area contributed by atoms with Crippen LogP contribution in [-0.2, 0) is 16.4 Å². The van der Waals surface area contributed by atoms with Crippen LogP contribution in [0.25, 0.3) is 10.8 Å². The van der Waals surface area contributed by atoms with E-state index in [0.717, 1.165) is 13.1 Å². The Balaban J connectivity index is 1.85. The van der Waals surface area contributed by atoms with Gasteiger partial charge in [-0.2, -0.15) is 0 Å². The van der Waals surface area contributed by atoms with Crippen molar-refractivity contribution in [2.24, 2.45) is 0 Å². The van der Waals surface area contributed by atoms with Crippen LogP contribution >= 0.6 is 0 Å². The van der Waals surface area contributed by atoms with Gasteiger partial charge in [0.25, 0.3) is 0 Å². The predicted octanol–water partition coefficient (Wildman–Crippen LogP) is 2.36. The normalized spacial score (nSPS) is 11.8. The Morgan fingerprint density at radius 2 is 1.79 bits per heavy atom. The van der Waals surface area contributed by atoms with Gasteiger partial charge in [0, 0.05) is 12.8 Å². The minimum Gasteiger partial charge on any atom is -0.313 e. The van der Waals surface area contributed by atoms with Crippen LogP contribution in [0.1, 0.15) is 12.0 Å². The first-order valence-corrected chi connectivity index (χ1v) is 8.47. The van der Waals surface area contributed by atoms with Gasteiger partial charge in [-0.3, -0.25) is 0 Å². The highest BCUT2D eigenvalue weighted by atomic mass is 32.2. The molecule has 0 radical (unpaired) electrons. The Bertz CT molecular complexity index is 650. The lowest BCUT2D eigenvalue weighted by atomic mass is 10.1. The number of fused-ring (bicyclic) bond motifs is 1. The van der Waals surface area contributed by atoms with Gasteiger partial charge in [-0.15, -0.1) is 0 Å². The predicted molar refractivity (Wildman–Crippen MR) is 80.0 cm³/mol. The lowest BCUT2D eigenvalue weighted by Gasteiger charge is -2.06. The van der Waals surface area contributed by atoms with E-state index in [1.165, 1.54) is 22.6 Å². The molecular formula is C15H19NO2S. The van der Waals surface area contributed by atoms with E-state index < -0.39 is 9.84 Å². The van der Waals surface area contributed by atoms with Crippen LogP contribution in [0, 0.1) is 0 Å². The number of hydrogen-bond donors (Lipinski definition) is 1. The Kier molecular flexibility index (Phi) is 4.56. The summed E-state index contributed by atoms with van der Waals surface area (Å²) in [5.74, 6) is 0.248. The third kappa shape index (κ3) is 4.65. The van der Waals surface area contributed by atoms with Crippen LogP contribution in [0.15, 0.2) is 42.5 Å². The molecule has 2 aromatic carbocycles. The molecule has 0 heterocycles. The highest BCUT2D eigenvalue weighted by molar-refractivity contribution is 7.90. The topological polar surface area (TPSA) is 46.2 Å². The van der Waals surface area contributed by atoms with E-state index in [1.807, 2.05) is 12.1 Å². The SMILES string of the molecule is CS(=O)(=O)CCCNCc1ccc2ccccc2c1. The van der Waals surface area contributed by atoms with Crippen LogP contribution in [0.3, 0.4) is 0 Å². The Morgan fingerprint density at radius 3 is 2.53 bits per heavy atom. The van der Waals surface area contributed by atoms with E-state index >= 15 is 0 Å². The standard InChI is InChI=1S/C15H19NO2S/c1-19(17,18)10-4-9-16-12-13-7-8-14-5-2-3-6-15(14)11-13/h2-3,5-8,11,16H,4,9-10,12H2,1H3. The van der Waals surface area contributed by atoms with Crippen molar-refractivity contribution in [3.63, 3.8) is 0 Å². The van der Waals surface area contributed by atoms with Gasteiger partial charge in [-0.1, -0.05) is 36.4 Å². The lowest BCUT2D eigenvalue weighted by Crippen LogP contribution is -2.17. The fourth-order valence-electron chi connectivity index (χ4n) is 2.04. The molecule has 2 aromatic rings. The molecule has 3 nitrogen and oxygen atoms in total. The summed E-state index contributed by atoms with van der Waals surface area (Å²) in [5.41, 5.74) is 1.22. The van der Waals surface area contributed by atoms with Crippen molar-refractivity contribution in [1.29, 1.82) is 0 Å². The lowest BCUT2D eigenvalue weighted by molar-refractivity contribution is 0.594. The summed E-state index contributed by atoms with van der Waals surface area (Å²) in [7, 11) is -2.84. The molecule has 1 N–H and O–H groups in total. The fourth-order valence-corrected chi connectivity index (χ4v) is 2.71. The van der Waals surface area contributed by atoms with Crippen molar-refractivity contribution < 1.29 is 8.42 Å². The van der Waals surface area contributed by atoms with E-state index in [2.05, 4.69) is 35.6 Å². The molecule has 0 aromatic heterocycles.